The predicted octanol–water partition coefficient (Wildman–Crippen LogP) is 1.50. The molecule has 106 valence electrons. The van der Waals surface area contributed by atoms with E-state index in [0.717, 1.165) is 29.8 Å². The van der Waals surface area contributed by atoms with Crippen molar-refractivity contribution in [1.29, 1.82) is 0 Å². The number of aryl methyl sites for hydroxylation is 1. The monoisotopic (exact) mass is 274 g/mol. The van der Waals surface area contributed by atoms with Crippen molar-refractivity contribution in [3.63, 3.8) is 0 Å². The molecule has 0 aromatic carbocycles. The minimum absolute atomic E-state index is 0.244. The molecular formula is C14H18N4O2. The molecule has 2 aromatic rings. The van der Waals surface area contributed by atoms with Crippen LogP contribution in [0.4, 0.5) is 0 Å². The predicted molar refractivity (Wildman–Crippen MR) is 73.6 cm³/mol. The molecule has 0 radical (unpaired) electrons. The molecular weight excluding hydrogens is 256 g/mol. The van der Waals surface area contributed by atoms with Crippen LogP contribution < -0.4 is 0 Å². The van der Waals surface area contributed by atoms with E-state index >= 15 is 0 Å². The van der Waals surface area contributed by atoms with Gasteiger partial charge in [-0.2, -0.15) is 5.10 Å². The van der Waals surface area contributed by atoms with Gasteiger partial charge in [0.05, 0.1) is 19.2 Å². The zero-order chi connectivity index (χ0) is 14.5. The molecule has 0 bridgehead atoms. The quantitative estimate of drug-likeness (QED) is 0.773. The molecule has 0 unspecified atom stereocenters. The normalized spacial score (nSPS) is 10.6. The molecule has 2 aromatic heterocycles. The Morgan fingerprint density at radius 2 is 2.15 bits per heavy atom. The lowest BCUT2D eigenvalue weighted by Gasteiger charge is -2.06. The minimum atomic E-state index is -0.253. The van der Waals surface area contributed by atoms with Crippen molar-refractivity contribution in [2.75, 3.05) is 7.11 Å². The van der Waals surface area contributed by atoms with Gasteiger partial charge < -0.3 is 4.74 Å². The Labute approximate surface area is 117 Å². The highest BCUT2D eigenvalue weighted by Crippen LogP contribution is 2.20. The number of rotatable bonds is 5. The van der Waals surface area contributed by atoms with Crippen LogP contribution >= 0.6 is 0 Å². The van der Waals surface area contributed by atoms with Gasteiger partial charge in [0.25, 0.3) is 0 Å². The first-order valence-electron chi connectivity index (χ1n) is 6.64. The van der Waals surface area contributed by atoms with Crippen LogP contribution in [0.5, 0.6) is 0 Å². The lowest BCUT2D eigenvalue weighted by atomic mass is 10.1. The average Bonchev–Trinajstić information content (AvgIpc) is 2.85. The summed E-state index contributed by atoms with van der Waals surface area (Å²) in [5.74, 6) is 0.458. The fourth-order valence-electron chi connectivity index (χ4n) is 2.20. The van der Waals surface area contributed by atoms with Crippen molar-refractivity contribution in [2.45, 2.75) is 33.1 Å². The van der Waals surface area contributed by atoms with Crippen LogP contribution in [0.25, 0.3) is 5.82 Å². The van der Waals surface area contributed by atoms with Crippen LogP contribution in [0.15, 0.2) is 18.6 Å². The molecule has 0 spiro atoms. The second kappa shape index (κ2) is 6.27. The molecule has 0 aliphatic rings. The SMILES string of the molecule is CCc1nn(-c2ccncn2)c(CC)c1CC(=O)OC. The van der Waals surface area contributed by atoms with Crippen molar-refractivity contribution >= 4 is 5.97 Å². The molecule has 6 heteroatoms. The summed E-state index contributed by atoms with van der Waals surface area (Å²) in [6.45, 7) is 4.06. The highest BCUT2D eigenvalue weighted by molar-refractivity contribution is 5.73. The molecule has 0 amide bonds. The van der Waals surface area contributed by atoms with Crippen molar-refractivity contribution < 1.29 is 9.53 Å². The van der Waals surface area contributed by atoms with E-state index in [2.05, 4.69) is 15.1 Å². The Hall–Kier alpha value is -2.24. The van der Waals surface area contributed by atoms with Crippen LogP contribution in [-0.2, 0) is 28.8 Å². The van der Waals surface area contributed by atoms with Gasteiger partial charge in [-0.3, -0.25) is 4.79 Å². The third-order valence-corrected chi connectivity index (χ3v) is 3.17. The Morgan fingerprint density at radius 1 is 1.35 bits per heavy atom. The van der Waals surface area contributed by atoms with Crippen LogP contribution in [0.2, 0.25) is 0 Å². The number of carbonyl (C=O) groups is 1. The maximum Gasteiger partial charge on any atom is 0.310 e. The van der Waals surface area contributed by atoms with Gasteiger partial charge in [-0.15, -0.1) is 0 Å². The van der Waals surface area contributed by atoms with Crippen molar-refractivity contribution in [1.82, 2.24) is 19.7 Å². The third-order valence-electron chi connectivity index (χ3n) is 3.17. The van der Waals surface area contributed by atoms with Gasteiger partial charge in [0.15, 0.2) is 5.82 Å². The van der Waals surface area contributed by atoms with Gasteiger partial charge in [0, 0.05) is 23.5 Å². The van der Waals surface area contributed by atoms with Gasteiger partial charge in [-0.05, 0) is 12.8 Å². The van der Waals surface area contributed by atoms with Gasteiger partial charge in [0.1, 0.15) is 6.33 Å². The molecule has 0 saturated carbocycles. The van der Waals surface area contributed by atoms with Gasteiger partial charge in [-0.25, -0.2) is 14.6 Å². The molecule has 6 nitrogen and oxygen atoms in total. The van der Waals surface area contributed by atoms with Crippen molar-refractivity contribution in [2.24, 2.45) is 0 Å². The standard InChI is InChI=1S/C14H18N4O2/c1-4-11-10(8-14(19)20-3)12(5-2)18(17-11)13-6-7-15-9-16-13/h6-7,9H,4-5,8H2,1-3H3. The lowest BCUT2D eigenvalue weighted by molar-refractivity contribution is -0.139. The van der Waals surface area contributed by atoms with Crippen LogP contribution in [0, 0.1) is 0 Å². The Balaban J connectivity index is 2.51. The van der Waals surface area contributed by atoms with Gasteiger partial charge in [-0.1, -0.05) is 13.8 Å². The summed E-state index contributed by atoms with van der Waals surface area (Å²) in [5.41, 5.74) is 2.84. The number of methoxy groups -OCH3 is 1. The van der Waals surface area contributed by atoms with Gasteiger partial charge in [0.2, 0.25) is 0 Å². The first kappa shape index (κ1) is 14.2. The third kappa shape index (κ3) is 2.68. The van der Waals surface area contributed by atoms with E-state index in [-0.39, 0.29) is 12.4 Å². The number of esters is 1. The second-order valence-corrected chi connectivity index (χ2v) is 4.31. The number of carbonyl (C=O) groups excluding carboxylic acids is 1. The summed E-state index contributed by atoms with van der Waals surface area (Å²) in [6.07, 6.45) is 4.94. The Bertz CT molecular complexity index is 593. The fraction of sp³-hybridized carbons (Fsp3) is 0.429. The van der Waals surface area contributed by atoms with E-state index in [0.29, 0.717) is 5.82 Å². The Morgan fingerprint density at radius 3 is 2.70 bits per heavy atom. The van der Waals surface area contributed by atoms with Crippen LogP contribution in [0.3, 0.4) is 0 Å². The summed E-state index contributed by atoms with van der Waals surface area (Å²) in [4.78, 5) is 19.7. The summed E-state index contributed by atoms with van der Waals surface area (Å²) < 4.78 is 6.56. The number of nitrogens with zero attached hydrogens (tertiary/aromatic N) is 4. The molecule has 2 rings (SSSR count). The van der Waals surface area contributed by atoms with Crippen LogP contribution in [-0.4, -0.2) is 32.8 Å². The summed E-state index contributed by atoms with van der Waals surface area (Å²) >= 11 is 0. The fourth-order valence-corrected chi connectivity index (χ4v) is 2.20. The highest BCUT2D eigenvalue weighted by Gasteiger charge is 2.19. The topological polar surface area (TPSA) is 69.9 Å². The lowest BCUT2D eigenvalue weighted by Crippen LogP contribution is -2.09. The van der Waals surface area contributed by atoms with E-state index in [9.17, 15) is 4.79 Å². The molecule has 2 heterocycles. The second-order valence-electron chi connectivity index (χ2n) is 4.31. The summed E-state index contributed by atoms with van der Waals surface area (Å²) in [6, 6.07) is 1.80. The zero-order valence-electron chi connectivity index (χ0n) is 12.0. The van der Waals surface area contributed by atoms with E-state index in [1.807, 2.05) is 13.8 Å². The number of hydrogen-bond acceptors (Lipinski definition) is 5. The maximum atomic E-state index is 11.6. The number of hydrogen-bond donors (Lipinski definition) is 0. The molecule has 0 aliphatic carbocycles. The first-order chi connectivity index (χ1) is 9.71. The molecule has 0 aliphatic heterocycles. The smallest absolute Gasteiger partial charge is 0.310 e. The van der Waals surface area contributed by atoms with Gasteiger partial charge >= 0.3 is 5.97 Å². The average molecular weight is 274 g/mol. The molecule has 20 heavy (non-hydrogen) atoms. The minimum Gasteiger partial charge on any atom is -0.469 e. The first-order valence-corrected chi connectivity index (χ1v) is 6.64. The largest absolute Gasteiger partial charge is 0.469 e. The molecule has 0 N–H and O–H groups in total. The van der Waals surface area contributed by atoms with E-state index in [4.69, 9.17) is 4.74 Å². The van der Waals surface area contributed by atoms with E-state index in [1.165, 1.54) is 13.4 Å². The molecule has 0 atom stereocenters. The molecule has 0 fully saturated rings. The van der Waals surface area contributed by atoms with Crippen molar-refractivity contribution in [3.05, 3.63) is 35.5 Å². The van der Waals surface area contributed by atoms with Crippen LogP contribution in [0.1, 0.15) is 30.8 Å². The molecule has 0 saturated heterocycles. The van der Waals surface area contributed by atoms with Crippen molar-refractivity contribution in [3.8, 4) is 5.82 Å². The van der Waals surface area contributed by atoms with E-state index < -0.39 is 0 Å². The van der Waals surface area contributed by atoms with E-state index in [1.54, 1.807) is 16.9 Å². The summed E-state index contributed by atoms with van der Waals surface area (Å²) in [7, 11) is 1.40. The maximum absolute atomic E-state index is 11.6. The summed E-state index contributed by atoms with van der Waals surface area (Å²) in [5, 5.41) is 4.58. The Kier molecular flexibility index (Phi) is 4.45. The number of aromatic nitrogens is 4. The number of ether oxygens (including phenoxy) is 1. The zero-order valence-corrected chi connectivity index (χ0v) is 12.0. The highest BCUT2D eigenvalue weighted by atomic mass is 16.5.